The maximum absolute atomic E-state index is 14.2. The Balaban J connectivity index is 2.60. The minimum absolute atomic E-state index is 0.0294. The van der Waals surface area contributed by atoms with Gasteiger partial charge in [-0.25, -0.2) is 4.79 Å². The van der Waals surface area contributed by atoms with Gasteiger partial charge in [-0.15, -0.1) is 11.3 Å². The zero-order valence-corrected chi connectivity index (χ0v) is 17.7. The van der Waals surface area contributed by atoms with Crippen LogP contribution in [0.5, 0.6) is 0 Å². The van der Waals surface area contributed by atoms with Crippen molar-refractivity contribution < 1.29 is 27.5 Å². The number of benzene rings is 1. The molecule has 1 atom stereocenters. The van der Waals surface area contributed by atoms with Gasteiger partial charge in [0.05, 0.1) is 12.7 Å². The van der Waals surface area contributed by atoms with Crippen LogP contribution in [-0.2, 0) is 16.0 Å². The number of amides is 1. The van der Waals surface area contributed by atoms with E-state index in [-0.39, 0.29) is 21.2 Å². The molecule has 160 valence electrons. The molecule has 0 aliphatic rings. The molecule has 6 nitrogen and oxygen atoms in total. The summed E-state index contributed by atoms with van der Waals surface area (Å²) in [6.07, 6.45) is -4.90. The van der Waals surface area contributed by atoms with Crippen molar-refractivity contribution in [2.75, 3.05) is 12.4 Å². The number of esters is 1. The Morgan fingerprint density at radius 3 is 2.33 bits per heavy atom. The Bertz CT molecular complexity index is 999. The van der Waals surface area contributed by atoms with Gasteiger partial charge in [0.15, 0.2) is 0 Å². The smallest absolute Gasteiger partial charge is 0.441 e. The van der Waals surface area contributed by atoms with E-state index in [9.17, 15) is 28.0 Å². The van der Waals surface area contributed by atoms with E-state index in [1.165, 1.54) is 24.3 Å². The molecule has 0 aliphatic heterocycles. The van der Waals surface area contributed by atoms with Gasteiger partial charge >= 0.3 is 17.8 Å². The number of methoxy groups -OCH3 is 1. The monoisotopic (exact) mass is 459 g/mol. The first kappa shape index (κ1) is 23.5. The summed E-state index contributed by atoms with van der Waals surface area (Å²) in [7, 11) is 0.765. The van der Waals surface area contributed by atoms with Crippen LogP contribution in [0, 0.1) is 18.3 Å². The fourth-order valence-electron chi connectivity index (χ4n) is 2.77. The molecule has 2 rings (SSSR count). The lowest BCUT2D eigenvalue weighted by atomic mass is 10.1. The average molecular weight is 460 g/mol. The topological polar surface area (TPSA) is 91.2 Å². The predicted molar refractivity (Wildman–Crippen MR) is 106 cm³/mol. The van der Waals surface area contributed by atoms with Crippen LogP contribution in [0.1, 0.15) is 33.3 Å². The predicted octanol–water partition coefficient (Wildman–Crippen LogP) is 4.42. The first-order valence-corrected chi connectivity index (χ1v) is 9.73. The third-order valence-corrected chi connectivity index (χ3v) is 5.61. The van der Waals surface area contributed by atoms with E-state index in [4.69, 9.17) is 11.6 Å². The van der Waals surface area contributed by atoms with E-state index >= 15 is 0 Å². The molecule has 1 aromatic heterocycles. The lowest BCUT2D eigenvalue weighted by Gasteiger charge is -2.34. The Morgan fingerprint density at radius 1 is 1.27 bits per heavy atom. The number of aryl methyl sites for hydroxylation is 1. The molecule has 1 aromatic carbocycles. The van der Waals surface area contributed by atoms with E-state index in [0.717, 1.165) is 18.4 Å². The third-order valence-electron chi connectivity index (χ3n) is 4.30. The zero-order chi connectivity index (χ0) is 22.7. The molecule has 11 heteroatoms. The van der Waals surface area contributed by atoms with Crippen molar-refractivity contribution in [3.8, 4) is 6.07 Å². The highest BCUT2D eigenvalue weighted by atomic mass is 35.5. The summed E-state index contributed by atoms with van der Waals surface area (Å²) in [6.45, 7) is 3.40. The zero-order valence-electron chi connectivity index (χ0n) is 16.1. The van der Waals surface area contributed by atoms with Gasteiger partial charge < -0.3 is 15.4 Å². The highest BCUT2D eigenvalue weighted by Crippen LogP contribution is 2.39. The summed E-state index contributed by atoms with van der Waals surface area (Å²) in [5.74, 6) is -2.98. The molecule has 30 heavy (non-hydrogen) atoms. The number of hydrogen-bond donors (Lipinski definition) is 2. The summed E-state index contributed by atoms with van der Waals surface area (Å²) in [5, 5.41) is 13.3. The molecule has 1 amide bonds. The molecule has 0 aliphatic carbocycles. The number of carbonyl (C=O) groups excluding carboxylic acids is 2. The lowest BCUT2D eigenvalue weighted by Crippen LogP contribution is -2.69. The van der Waals surface area contributed by atoms with Crippen molar-refractivity contribution in [3.63, 3.8) is 0 Å². The summed E-state index contributed by atoms with van der Waals surface area (Å²) in [5.41, 5.74) is -3.25. The molecule has 0 spiro atoms. The highest BCUT2D eigenvalue weighted by Gasteiger charge is 2.64. The van der Waals surface area contributed by atoms with Crippen molar-refractivity contribution in [3.05, 3.63) is 50.9 Å². The number of nitrogens with one attached hydrogen (secondary N) is 2. The Hall–Kier alpha value is -2.77. The van der Waals surface area contributed by atoms with Crippen molar-refractivity contribution in [2.24, 2.45) is 0 Å². The number of hydrogen-bond acceptors (Lipinski definition) is 6. The Labute approximate surface area is 179 Å². The summed E-state index contributed by atoms with van der Waals surface area (Å²) in [4.78, 5) is 25.5. The van der Waals surface area contributed by atoms with Crippen LogP contribution >= 0.6 is 22.9 Å². The highest BCUT2D eigenvalue weighted by molar-refractivity contribution is 7.16. The van der Waals surface area contributed by atoms with Gasteiger partial charge in [-0.3, -0.25) is 4.79 Å². The van der Waals surface area contributed by atoms with Crippen LogP contribution in [-0.4, -0.2) is 30.8 Å². The second kappa shape index (κ2) is 8.93. The minimum atomic E-state index is -5.31. The fraction of sp³-hybridized carbons (Fsp3) is 0.316. The maximum atomic E-state index is 14.2. The van der Waals surface area contributed by atoms with E-state index in [1.54, 1.807) is 19.2 Å². The standard InChI is InChI=1S/C19H17ClF3N3O3S/c1-4-13-10(2)30-16(14(13)9-24)26-18(17(28)29-3,19(21,22)23)25-15(27)11-5-7-12(20)8-6-11/h5-8,26H,4H2,1-3H3,(H,25,27)/t18-/m1/s1. The van der Waals surface area contributed by atoms with Crippen LogP contribution in [0.3, 0.4) is 0 Å². The number of thiophene rings is 1. The molecule has 1 heterocycles. The molecular formula is C19H17ClF3N3O3S. The van der Waals surface area contributed by atoms with E-state index in [1.807, 2.05) is 11.4 Å². The van der Waals surface area contributed by atoms with Crippen LogP contribution in [0.2, 0.25) is 5.02 Å². The normalized spacial score (nSPS) is 13.1. The summed E-state index contributed by atoms with van der Waals surface area (Å²) >= 11 is 6.61. The quantitative estimate of drug-likeness (QED) is 0.493. The Kier molecular flexibility index (Phi) is 7.00. The molecule has 0 radical (unpaired) electrons. The van der Waals surface area contributed by atoms with Gasteiger partial charge in [-0.2, -0.15) is 18.4 Å². The molecule has 0 bridgehead atoms. The number of alkyl halides is 3. The van der Waals surface area contributed by atoms with Gasteiger partial charge in [-0.1, -0.05) is 18.5 Å². The third kappa shape index (κ3) is 4.37. The number of nitrogens with zero attached hydrogens (tertiary/aromatic N) is 1. The SMILES string of the molecule is CCc1c(C)sc(N[C@](NC(=O)c2ccc(Cl)cc2)(C(=O)OC)C(F)(F)F)c1C#N. The van der Waals surface area contributed by atoms with Crippen LogP contribution in [0.4, 0.5) is 18.2 Å². The van der Waals surface area contributed by atoms with Gasteiger partial charge in [0.2, 0.25) is 0 Å². The molecule has 0 saturated carbocycles. The molecular weight excluding hydrogens is 443 g/mol. The first-order valence-electron chi connectivity index (χ1n) is 8.54. The largest absolute Gasteiger partial charge is 0.466 e. The van der Waals surface area contributed by atoms with Crippen molar-refractivity contribution in [2.45, 2.75) is 32.1 Å². The van der Waals surface area contributed by atoms with Crippen LogP contribution < -0.4 is 10.6 Å². The molecule has 2 N–H and O–H groups in total. The van der Waals surface area contributed by atoms with Gasteiger partial charge in [0.1, 0.15) is 11.1 Å². The second-order valence-electron chi connectivity index (χ2n) is 6.13. The molecule has 2 aromatic rings. The molecule has 0 unspecified atom stereocenters. The number of rotatable bonds is 6. The number of carbonyl (C=O) groups is 2. The second-order valence-corrected chi connectivity index (χ2v) is 7.79. The summed E-state index contributed by atoms with van der Waals surface area (Å²) < 4.78 is 46.9. The van der Waals surface area contributed by atoms with Crippen molar-refractivity contribution in [1.82, 2.24) is 5.32 Å². The van der Waals surface area contributed by atoms with Crippen molar-refractivity contribution >= 4 is 39.8 Å². The summed E-state index contributed by atoms with van der Waals surface area (Å²) in [6, 6.07) is 6.92. The molecule has 0 saturated heterocycles. The average Bonchev–Trinajstić information content (AvgIpc) is 2.99. The Morgan fingerprint density at radius 2 is 1.87 bits per heavy atom. The van der Waals surface area contributed by atoms with E-state index < -0.39 is 23.7 Å². The minimum Gasteiger partial charge on any atom is -0.466 e. The van der Waals surface area contributed by atoms with Gasteiger partial charge in [0.25, 0.3) is 5.91 Å². The molecule has 0 fully saturated rings. The maximum Gasteiger partial charge on any atom is 0.441 e. The first-order chi connectivity index (χ1) is 14.0. The van der Waals surface area contributed by atoms with E-state index in [2.05, 4.69) is 4.74 Å². The number of nitriles is 1. The number of anilines is 1. The van der Waals surface area contributed by atoms with Gasteiger partial charge in [-0.05, 0) is 43.2 Å². The lowest BCUT2D eigenvalue weighted by molar-refractivity contribution is -0.203. The van der Waals surface area contributed by atoms with E-state index in [0.29, 0.717) is 16.9 Å². The van der Waals surface area contributed by atoms with Crippen LogP contribution in [0.25, 0.3) is 0 Å². The number of ether oxygens (including phenoxy) is 1. The van der Waals surface area contributed by atoms with Gasteiger partial charge in [0, 0.05) is 15.5 Å². The van der Waals surface area contributed by atoms with Crippen LogP contribution in [0.15, 0.2) is 24.3 Å². The fourth-order valence-corrected chi connectivity index (χ4v) is 4.05. The van der Waals surface area contributed by atoms with Crippen molar-refractivity contribution in [1.29, 1.82) is 5.26 Å². The number of halogens is 4.